The van der Waals surface area contributed by atoms with Gasteiger partial charge in [-0.1, -0.05) is 49.4 Å². The van der Waals surface area contributed by atoms with Crippen molar-refractivity contribution in [1.82, 2.24) is 24.5 Å². The Bertz CT molecular complexity index is 2070. The minimum atomic E-state index is -0.0561. The average molecular weight is 744 g/mol. The molecule has 7 rings (SSSR count). The number of nitrogens with zero attached hydrogens (tertiary/aromatic N) is 5. The number of hydrogen-bond donors (Lipinski definition) is 0. The van der Waals surface area contributed by atoms with Crippen LogP contribution in [-0.2, 0) is 25.5 Å². The van der Waals surface area contributed by atoms with Crippen LogP contribution in [0.5, 0.6) is 0 Å². The molecule has 0 saturated carbocycles. The second-order valence-corrected chi connectivity index (χ2v) is 11.8. The van der Waals surface area contributed by atoms with Gasteiger partial charge in [0.25, 0.3) is 0 Å². The Balaban J connectivity index is 0.000000168. The van der Waals surface area contributed by atoms with Crippen LogP contribution in [-0.4, -0.2) is 24.5 Å². The molecule has 0 bridgehead atoms. The molecule has 0 fully saturated rings. The maximum atomic E-state index is 6.01. The largest absolute Gasteiger partial charge is 0.486 e. The van der Waals surface area contributed by atoms with Gasteiger partial charge >= 0.3 is 0 Å². The number of aromatic nitrogens is 5. The van der Waals surface area contributed by atoms with Crippen LogP contribution in [0.15, 0.2) is 77.5 Å². The van der Waals surface area contributed by atoms with Crippen molar-refractivity contribution in [1.29, 1.82) is 0 Å². The first-order chi connectivity index (χ1) is 20.1. The van der Waals surface area contributed by atoms with Crippen LogP contribution in [0.4, 0.5) is 0 Å². The first-order valence-corrected chi connectivity index (χ1v) is 14.1. The molecule has 6 nitrogen and oxygen atoms in total. The molecule has 0 atom stereocenters. The van der Waals surface area contributed by atoms with E-state index in [9.17, 15) is 0 Å². The van der Waals surface area contributed by atoms with Crippen molar-refractivity contribution in [2.45, 2.75) is 53.9 Å². The summed E-state index contributed by atoms with van der Waals surface area (Å²) in [5, 5.41) is 2.08. The topological polar surface area (TPSA) is 69.6 Å². The van der Waals surface area contributed by atoms with Gasteiger partial charge in [-0.25, -0.2) is 9.97 Å². The number of pyridine rings is 3. The predicted molar refractivity (Wildman–Crippen MR) is 169 cm³/mol. The van der Waals surface area contributed by atoms with Crippen LogP contribution >= 0.6 is 0 Å². The molecule has 43 heavy (non-hydrogen) atoms. The van der Waals surface area contributed by atoms with Crippen molar-refractivity contribution in [3.05, 3.63) is 113 Å². The van der Waals surface area contributed by atoms with Gasteiger partial charge in [0.15, 0.2) is 0 Å². The number of aryl methyl sites for hydroxylation is 4. The molecule has 7 aromatic rings. The molecule has 5 heterocycles. The molecular weight excluding hydrogens is 711 g/mol. The van der Waals surface area contributed by atoms with Gasteiger partial charge in [-0.05, 0) is 73.7 Å². The van der Waals surface area contributed by atoms with E-state index in [1.54, 1.807) is 0 Å². The van der Waals surface area contributed by atoms with E-state index in [0.717, 1.165) is 61.5 Å². The number of rotatable bonds is 2. The van der Waals surface area contributed by atoms with Gasteiger partial charge in [0.1, 0.15) is 11.6 Å². The van der Waals surface area contributed by atoms with Gasteiger partial charge in [0.2, 0.25) is 5.71 Å². The van der Waals surface area contributed by atoms with Gasteiger partial charge in [-0.2, -0.15) is 18.2 Å². The van der Waals surface area contributed by atoms with E-state index in [2.05, 4.69) is 84.5 Å². The molecule has 0 aliphatic heterocycles. The Hall–Kier alpha value is -4.19. The summed E-state index contributed by atoms with van der Waals surface area (Å²) in [5.74, 6) is 1.90. The van der Waals surface area contributed by atoms with E-state index in [1.165, 1.54) is 11.1 Å². The quantitative estimate of drug-likeness (QED) is 0.166. The second-order valence-electron chi connectivity index (χ2n) is 11.8. The van der Waals surface area contributed by atoms with Crippen LogP contribution in [0.1, 0.15) is 49.0 Å². The summed E-state index contributed by atoms with van der Waals surface area (Å²) >= 11 is 0. The second kappa shape index (κ2) is 11.8. The third-order valence-corrected chi connectivity index (χ3v) is 7.34. The van der Waals surface area contributed by atoms with Gasteiger partial charge in [0, 0.05) is 49.0 Å². The Kier molecular flexibility index (Phi) is 8.33. The summed E-state index contributed by atoms with van der Waals surface area (Å²) in [4.78, 5) is 18.3. The first kappa shape index (κ1) is 30.3. The summed E-state index contributed by atoms with van der Waals surface area (Å²) in [6.45, 7) is 14.6. The molecule has 0 N–H and O–H groups in total. The number of hydrogen-bond acceptors (Lipinski definition) is 5. The zero-order valence-corrected chi connectivity index (χ0v) is 27.8. The molecule has 5 aromatic heterocycles. The van der Waals surface area contributed by atoms with Crippen molar-refractivity contribution in [2.75, 3.05) is 0 Å². The Morgan fingerprint density at radius 2 is 1.60 bits per heavy atom. The fourth-order valence-electron chi connectivity index (χ4n) is 4.94. The molecule has 0 unspecified atom stereocenters. The summed E-state index contributed by atoms with van der Waals surface area (Å²) in [6.07, 6.45) is 3.78. The van der Waals surface area contributed by atoms with Crippen molar-refractivity contribution < 1.29 is 24.5 Å². The monoisotopic (exact) mass is 744 g/mol. The van der Waals surface area contributed by atoms with Gasteiger partial charge in [-0.3, -0.25) is 4.98 Å². The normalized spacial score (nSPS) is 11.4. The number of fused-ring (bicyclic) bond motifs is 4. The minimum Gasteiger partial charge on any atom is -0.486 e. The van der Waals surface area contributed by atoms with Gasteiger partial charge < -0.3 is 14.0 Å². The Morgan fingerprint density at radius 3 is 2.33 bits per heavy atom. The zero-order valence-electron chi connectivity index (χ0n) is 25.4. The minimum absolute atomic E-state index is 0. The molecular formula is C36H33IrN5O-2. The van der Waals surface area contributed by atoms with E-state index in [-0.39, 0.29) is 25.5 Å². The Labute approximate surface area is 265 Å². The molecule has 219 valence electrons. The summed E-state index contributed by atoms with van der Waals surface area (Å²) < 4.78 is 8.11. The summed E-state index contributed by atoms with van der Waals surface area (Å²) in [7, 11) is 0. The van der Waals surface area contributed by atoms with Crippen LogP contribution in [0.25, 0.3) is 50.2 Å². The predicted octanol–water partition coefficient (Wildman–Crippen LogP) is 8.59. The third-order valence-electron chi connectivity index (χ3n) is 7.34. The Morgan fingerprint density at radius 1 is 0.791 bits per heavy atom. The smallest absolute Gasteiger partial charge is 0.216 e. The molecule has 0 saturated heterocycles. The maximum absolute atomic E-state index is 6.01. The number of furan rings is 1. The van der Waals surface area contributed by atoms with E-state index < -0.39 is 0 Å². The van der Waals surface area contributed by atoms with Crippen molar-refractivity contribution >= 4 is 33.1 Å². The van der Waals surface area contributed by atoms with E-state index in [0.29, 0.717) is 5.71 Å². The van der Waals surface area contributed by atoms with Crippen LogP contribution in [0.3, 0.4) is 0 Å². The van der Waals surface area contributed by atoms with Crippen LogP contribution in [0.2, 0.25) is 0 Å². The molecule has 0 aliphatic rings. The fourth-order valence-corrected chi connectivity index (χ4v) is 4.94. The van der Waals surface area contributed by atoms with E-state index >= 15 is 0 Å². The van der Waals surface area contributed by atoms with Crippen molar-refractivity contribution in [3.8, 4) is 17.1 Å². The fraction of sp³-hybridized carbons (Fsp3) is 0.222. The van der Waals surface area contributed by atoms with Crippen LogP contribution in [0, 0.1) is 39.8 Å². The van der Waals surface area contributed by atoms with E-state index in [1.807, 2.05) is 68.7 Å². The summed E-state index contributed by atoms with van der Waals surface area (Å²) in [6, 6.07) is 26.6. The number of imidazole rings is 1. The molecule has 2 aromatic carbocycles. The number of benzene rings is 2. The standard InChI is InChI=1S/C19H15N2O.C17H18N3.Ir/c1-11-9-17(20-10-12(11)2)16-6-4-5-14-15-8-7-13(3)21-19(15)22-18(14)16;1-12-9-10-15(18-11-12)20-14-8-6-5-7-13(14)19-16(20)17(2,3)4;/h4-5,7-10H,1-3H3;5-7,9-11H,1-4H3;/q2*-1;. The summed E-state index contributed by atoms with van der Waals surface area (Å²) in [5.41, 5.74) is 9.60. The van der Waals surface area contributed by atoms with Gasteiger partial charge in [0.05, 0.1) is 5.58 Å². The first-order valence-electron chi connectivity index (χ1n) is 14.1. The van der Waals surface area contributed by atoms with Crippen LogP contribution < -0.4 is 0 Å². The molecule has 0 spiro atoms. The van der Waals surface area contributed by atoms with E-state index in [4.69, 9.17) is 9.40 Å². The molecule has 7 heteroatoms. The third kappa shape index (κ3) is 5.88. The molecule has 0 aliphatic carbocycles. The number of para-hydroxylation sites is 1. The average Bonchev–Trinajstić information content (AvgIpc) is 3.54. The zero-order chi connectivity index (χ0) is 29.6. The van der Waals surface area contributed by atoms with Crippen molar-refractivity contribution in [2.24, 2.45) is 0 Å². The van der Waals surface area contributed by atoms with Gasteiger partial charge in [-0.15, -0.1) is 24.3 Å². The molecule has 0 amide bonds. The molecule has 1 radical (unpaired) electrons. The maximum Gasteiger partial charge on any atom is 0.216 e. The SMILES string of the molecule is Cc1ccc(-n2c(C(C)(C)C)nc3ccc[c-]c32)nc1.Cc1ccc2c(n1)oc1c(-c3cc(C)c(C)cn3)[c-]ccc12.[Ir]. The van der Waals surface area contributed by atoms with Crippen molar-refractivity contribution in [3.63, 3.8) is 0 Å².